The van der Waals surface area contributed by atoms with E-state index in [0.29, 0.717) is 6.04 Å². The molecule has 2 rings (SSSR count). The molecule has 1 aliphatic heterocycles. The summed E-state index contributed by atoms with van der Waals surface area (Å²) < 4.78 is 0. The summed E-state index contributed by atoms with van der Waals surface area (Å²) in [7, 11) is 0. The quantitative estimate of drug-likeness (QED) is 0.792. The highest BCUT2D eigenvalue weighted by Gasteiger charge is 2.26. The Labute approximate surface area is 104 Å². The molecular weight excluding hydrogens is 272 g/mol. The lowest BCUT2D eigenvalue weighted by atomic mass is 10.2. The van der Waals surface area contributed by atoms with Crippen molar-refractivity contribution in [2.75, 3.05) is 16.8 Å². The minimum atomic E-state index is 0.703. The maximum absolute atomic E-state index is 4.65. The van der Waals surface area contributed by atoms with Gasteiger partial charge in [0.2, 0.25) is 0 Å². The summed E-state index contributed by atoms with van der Waals surface area (Å²) in [5, 5.41) is 2.32. The van der Waals surface area contributed by atoms with Crippen molar-refractivity contribution in [1.82, 2.24) is 4.98 Å². The van der Waals surface area contributed by atoms with Crippen LogP contribution in [0.3, 0.4) is 0 Å². The summed E-state index contributed by atoms with van der Waals surface area (Å²) in [4.78, 5) is 8.50. The number of rotatable bonds is 3. The molecule has 0 N–H and O–H groups in total. The number of halogens is 1. The van der Waals surface area contributed by atoms with Gasteiger partial charge in [0.25, 0.3) is 0 Å². The van der Waals surface area contributed by atoms with E-state index in [1.54, 1.807) is 0 Å². The van der Waals surface area contributed by atoms with Gasteiger partial charge in [0.15, 0.2) is 5.13 Å². The second kappa shape index (κ2) is 4.83. The predicted molar refractivity (Wildman–Crippen MR) is 70.4 cm³/mol. The summed E-state index contributed by atoms with van der Waals surface area (Å²) in [5.74, 6) is 0. The van der Waals surface area contributed by atoms with Crippen LogP contribution in [0.2, 0.25) is 0 Å². The zero-order valence-electron chi connectivity index (χ0n) is 9.29. The molecule has 1 unspecified atom stereocenters. The normalized spacial score (nSPS) is 21.3. The van der Waals surface area contributed by atoms with Gasteiger partial charge >= 0.3 is 0 Å². The molecule has 0 aromatic carbocycles. The summed E-state index contributed by atoms with van der Waals surface area (Å²) in [6.07, 6.45) is 3.87. The van der Waals surface area contributed by atoms with E-state index in [0.717, 1.165) is 5.33 Å². The van der Waals surface area contributed by atoms with Crippen molar-refractivity contribution in [3.05, 3.63) is 10.6 Å². The molecule has 15 heavy (non-hydrogen) atoms. The van der Waals surface area contributed by atoms with E-state index in [1.165, 1.54) is 41.5 Å². The minimum Gasteiger partial charge on any atom is -0.345 e. The number of nitrogens with zero attached hydrogens (tertiary/aromatic N) is 2. The van der Waals surface area contributed by atoms with Crippen LogP contribution in [-0.4, -0.2) is 22.9 Å². The zero-order chi connectivity index (χ0) is 10.8. The van der Waals surface area contributed by atoms with Crippen molar-refractivity contribution >= 4 is 32.4 Å². The largest absolute Gasteiger partial charge is 0.345 e. The van der Waals surface area contributed by atoms with Crippen LogP contribution in [0.25, 0.3) is 0 Å². The molecule has 0 aliphatic carbocycles. The Morgan fingerprint density at radius 2 is 2.33 bits per heavy atom. The van der Waals surface area contributed by atoms with Crippen molar-refractivity contribution in [3.8, 4) is 0 Å². The molecule has 0 saturated carbocycles. The Hall–Kier alpha value is -0.0900. The molecule has 4 heteroatoms. The number of aromatic nitrogens is 1. The standard InChI is InChI=1S/C11H17BrN2S/c1-8-9(2)15-11(13-8)14-7-3-4-10(14)5-6-12/h10H,3-7H2,1-2H3. The van der Waals surface area contributed by atoms with Crippen LogP contribution < -0.4 is 4.90 Å². The zero-order valence-corrected chi connectivity index (χ0v) is 11.7. The van der Waals surface area contributed by atoms with Crippen LogP contribution >= 0.6 is 27.3 Å². The highest BCUT2D eigenvalue weighted by atomic mass is 79.9. The highest BCUT2D eigenvalue weighted by molar-refractivity contribution is 9.09. The summed E-state index contributed by atoms with van der Waals surface area (Å²) in [6.45, 7) is 5.45. The third-order valence-corrected chi connectivity index (χ3v) is 4.65. The average Bonchev–Trinajstić information content (AvgIpc) is 2.76. The van der Waals surface area contributed by atoms with Crippen LogP contribution in [-0.2, 0) is 0 Å². The first kappa shape index (κ1) is 11.4. The van der Waals surface area contributed by atoms with E-state index < -0.39 is 0 Å². The minimum absolute atomic E-state index is 0.703. The molecule has 0 bridgehead atoms. The van der Waals surface area contributed by atoms with Crippen LogP contribution in [0.15, 0.2) is 0 Å². The van der Waals surface area contributed by atoms with E-state index in [1.807, 2.05) is 11.3 Å². The topological polar surface area (TPSA) is 16.1 Å². The first-order chi connectivity index (χ1) is 7.22. The van der Waals surface area contributed by atoms with E-state index in [2.05, 4.69) is 39.7 Å². The lowest BCUT2D eigenvalue weighted by molar-refractivity contribution is 0.651. The fourth-order valence-corrected chi connectivity index (χ4v) is 3.63. The Morgan fingerprint density at radius 3 is 2.93 bits per heavy atom. The van der Waals surface area contributed by atoms with Gasteiger partial charge in [-0.3, -0.25) is 0 Å². The molecule has 2 heterocycles. The highest BCUT2D eigenvalue weighted by Crippen LogP contribution is 2.32. The molecule has 84 valence electrons. The number of hydrogen-bond donors (Lipinski definition) is 0. The molecule has 1 aromatic rings. The molecule has 1 fully saturated rings. The van der Waals surface area contributed by atoms with Gasteiger partial charge < -0.3 is 4.90 Å². The van der Waals surface area contributed by atoms with Crippen LogP contribution in [0, 0.1) is 13.8 Å². The van der Waals surface area contributed by atoms with Crippen molar-refractivity contribution in [1.29, 1.82) is 0 Å². The van der Waals surface area contributed by atoms with Gasteiger partial charge in [-0.2, -0.15) is 0 Å². The van der Waals surface area contributed by atoms with Crippen molar-refractivity contribution in [3.63, 3.8) is 0 Å². The summed E-state index contributed by atoms with van der Waals surface area (Å²) in [5.41, 5.74) is 1.19. The Balaban J connectivity index is 2.15. The molecule has 1 aromatic heterocycles. The third kappa shape index (κ3) is 2.36. The number of thiazole rings is 1. The smallest absolute Gasteiger partial charge is 0.186 e. The van der Waals surface area contributed by atoms with E-state index in [9.17, 15) is 0 Å². The van der Waals surface area contributed by atoms with Gasteiger partial charge in [-0.15, -0.1) is 11.3 Å². The fraction of sp³-hybridized carbons (Fsp3) is 0.727. The number of anilines is 1. The summed E-state index contributed by atoms with van der Waals surface area (Å²) >= 11 is 5.38. The molecule has 1 atom stereocenters. The number of hydrogen-bond acceptors (Lipinski definition) is 3. The summed E-state index contributed by atoms with van der Waals surface area (Å²) in [6, 6.07) is 0.703. The van der Waals surface area contributed by atoms with Crippen molar-refractivity contribution in [2.45, 2.75) is 39.2 Å². The van der Waals surface area contributed by atoms with E-state index >= 15 is 0 Å². The molecule has 0 spiro atoms. The average molecular weight is 289 g/mol. The lowest BCUT2D eigenvalue weighted by Crippen LogP contribution is -2.29. The van der Waals surface area contributed by atoms with Gasteiger partial charge in [-0.25, -0.2) is 4.98 Å². The lowest BCUT2D eigenvalue weighted by Gasteiger charge is -2.23. The second-order valence-electron chi connectivity index (χ2n) is 4.11. The van der Waals surface area contributed by atoms with E-state index in [4.69, 9.17) is 0 Å². The Morgan fingerprint density at radius 1 is 1.53 bits per heavy atom. The van der Waals surface area contributed by atoms with Crippen LogP contribution in [0.4, 0.5) is 5.13 Å². The molecular formula is C11H17BrN2S. The van der Waals surface area contributed by atoms with Gasteiger partial charge in [-0.1, -0.05) is 15.9 Å². The maximum atomic E-state index is 4.65. The monoisotopic (exact) mass is 288 g/mol. The first-order valence-corrected chi connectivity index (χ1v) is 7.43. The van der Waals surface area contributed by atoms with Crippen molar-refractivity contribution in [2.24, 2.45) is 0 Å². The SMILES string of the molecule is Cc1nc(N2CCCC2CCBr)sc1C. The van der Waals surface area contributed by atoms with Gasteiger partial charge in [0.1, 0.15) is 0 Å². The Bertz CT molecular complexity index is 318. The maximum Gasteiger partial charge on any atom is 0.186 e. The third-order valence-electron chi connectivity index (χ3n) is 3.08. The van der Waals surface area contributed by atoms with Crippen molar-refractivity contribution < 1.29 is 0 Å². The molecule has 1 aliphatic rings. The number of aryl methyl sites for hydroxylation is 2. The van der Waals surface area contributed by atoms with E-state index in [-0.39, 0.29) is 0 Å². The second-order valence-corrected chi connectivity index (χ2v) is 6.08. The fourth-order valence-electron chi connectivity index (χ4n) is 2.09. The molecule has 2 nitrogen and oxygen atoms in total. The van der Waals surface area contributed by atoms with Crippen LogP contribution in [0.5, 0.6) is 0 Å². The molecule has 1 saturated heterocycles. The van der Waals surface area contributed by atoms with Gasteiger partial charge in [0.05, 0.1) is 5.69 Å². The van der Waals surface area contributed by atoms with Gasteiger partial charge in [0, 0.05) is 22.8 Å². The Kier molecular flexibility index (Phi) is 3.67. The first-order valence-electron chi connectivity index (χ1n) is 5.49. The van der Waals surface area contributed by atoms with Crippen LogP contribution in [0.1, 0.15) is 29.8 Å². The molecule has 0 amide bonds. The number of alkyl halides is 1. The predicted octanol–water partition coefficient (Wildman–Crippen LogP) is 3.51. The molecule has 0 radical (unpaired) electrons. The van der Waals surface area contributed by atoms with Gasteiger partial charge in [-0.05, 0) is 33.1 Å².